The summed E-state index contributed by atoms with van der Waals surface area (Å²) in [7, 11) is 1.67. The van der Waals surface area contributed by atoms with E-state index >= 15 is 0 Å². The third-order valence-corrected chi connectivity index (χ3v) is 9.92. The highest BCUT2D eigenvalue weighted by atomic mass is 16.6. The molecule has 2 N–H and O–H groups in total. The molecule has 3 aliphatic rings. The van der Waals surface area contributed by atoms with Gasteiger partial charge in [-0.1, -0.05) is 0 Å². The summed E-state index contributed by atoms with van der Waals surface area (Å²) in [5.74, 6) is 3.29. The second-order valence-electron chi connectivity index (χ2n) is 13.3. The molecule has 252 valence electrons. The maximum absolute atomic E-state index is 14.3. The zero-order chi connectivity index (χ0) is 32.8. The number of aromatic nitrogens is 3. The number of carbonyl (C=O) groups excluding carboxylic acids is 2. The molecule has 11 nitrogen and oxygen atoms in total. The number of amides is 2. The van der Waals surface area contributed by atoms with Gasteiger partial charge in [0.05, 0.1) is 12.8 Å². The normalized spacial score (nSPS) is 22.8. The lowest BCUT2D eigenvalue weighted by atomic mass is 9.79. The molecule has 3 aromatic rings. The number of aliphatic hydroxyl groups is 1. The van der Waals surface area contributed by atoms with Gasteiger partial charge in [-0.25, -0.2) is 14.8 Å². The van der Waals surface area contributed by atoms with Crippen molar-refractivity contribution < 1.29 is 28.6 Å². The Hall–Kier alpha value is -3.99. The van der Waals surface area contributed by atoms with Crippen LogP contribution in [0.2, 0.25) is 0 Å². The fourth-order valence-electron chi connectivity index (χ4n) is 6.98. The van der Waals surface area contributed by atoms with Crippen LogP contribution in [-0.2, 0) is 9.53 Å². The standard InChI is InChI=1S/C36H47N5O6/c1-23-32(45-2)15-14-30(39-23)25-6-4-24(5-7-25)21-41(33-20-28(16-18-37-33)31-22-46-34(40-31)26-8-9-26)35(43)27-10-12-29(13-11-27)47-36(44)38-17-3-19-42/h14-16,18,20,22,24-27,29,42H,3-13,17,19,21H2,1-2H3,(H,38,44). The van der Waals surface area contributed by atoms with Crippen LogP contribution < -0.4 is 15.0 Å². The monoisotopic (exact) mass is 645 g/mol. The molecule has 3 saturated carbocycles. The van der Waals surface area contributed by atoms with Gasteiger partial charge in [0.2, 0.25) is 5.91 Å². The predicted octanol–water partition coefficient (Wildman–Crippen LogP) is 6.30. The molecule has 3 fully saturated rings. The molecule has 6 rings (SSSR count). The number of ether oxygens (including phenoxy) is 2. The molecule has 3 aromatic heterocycles. The first kappa shape index (κ1) is 32.9. The van der Waals surface area contributed by atoms with Crippen LogP contribution >= 0.6 is 0 Å². The molecule has 0 unspecified atom stereocenters. The van der Waals surface area contributed by atoms with Gasteiger partial charge in [-0.2, -0.15) is 0 Å². The molecule has 11 heteroatoms. The van der Waals surface area contributed by atoms with Gasteiger partial charge in [-0.3, -0.25) is 14.7 Å². The van der Waals surface area contributed by atoms with E-state index in [-0.39, 0.29) is 24.5 Å². The lowest BCUT2D eigenvalue weighted by Crippen LogP contribution is -2.42. The van der Waals surface area contributed by atoms with E-state index < -0.39 is 6.09 Å². The number of methoxy groups -OCH3 is 1. The fraction of sp³-hybridized carbons (Fsp3) is 0.583. The minimum Gasteiger partial charge on any atom is -0.495 e. The number of rotatable bonds is 12. The molecule has 3 aliphatic carbocycles. The molecule has 3 heterocycles. The molecule has 0 bridgehead atoms. The number of nitrogens with zero attached hydrogens (tertiary/aromatic N) is 4. The molecule has 0 aromatic carbocycles. The van der Waals surface area contributed by atoms with Crippen molar-refractivity contribution in [3.05, 3.63) is 54.0 Å². The van der Waals surface area contributed by atoms with Gasteiger partial charge in [-0.15, -0.1) is 0 Å². The number of pyridine rings is 2. The van der Waals surface area contributed by atoms with E-state index in [1.807, 2.05) is 30.0 Å². The van der Waals surface area contributed by atoms with Crippen LogP contribution in [0.15, 0.2) is 41.1 Å². The third-order valence-electron chi connectivity index (χ3n) is 9.92. The SMILES string of the molecule is COc1ccc(C2CCC(CN(C(=O)C3CCC(OC(=O)NCCCO)CC3)c3cc(-c4coc(C5CC5)n4)ccn3)CC2)nc1C. The van der Waals surface area contributed by atoms with E-state index in [2.05, 4.69) is 11.4 Å². The van der Waals surface area contributed by atoms with Gasteiger partial charge < -0.3 is 24.3 Å². The number of alkyl carbamates (subject to hydrolysis) is 1. The molecule has 0 aliphatic heterocycles. The Kier molecular flexibility index (Phi) is 10.7. The first-order valence-electron chi connectivity index (χ1n) is 17.2. The predicted molar refractivity (Wildman–Crippen MR) is 176 cm³/mol. The Morgan fingerprint density at radius 3 is 2.47 bits per heavy atom. The maximum atomic E-state index is 14.3. The number of nitrogens with one attached hydrogen (secondary N) is 1. The lowest BCUT2D eigenvalue weighted by Gasteiger charge is -2.35. The van der Waals surface area contributed by atoms with Gasteiger partial charge in [-0.05, 0) is 108 Å². The minimum atomic E-state index is -0.468. The fourth-order valence-corrected chi connectivity index (χ4v) is 6.98. The van der Waals surface area contributed by atoms with Crippen molar-refractivity contribution in [1.29, 1.82) is 0 Å². The Labute approximate surface area is 276 Å². The van der Waals surface area contributed by atoms with Crippen molar-refractivity contribution in [2.75, 3.05) is 31.7 Å². The second-order valence-corrected chi connectivity index (χ2v) is 13.3. The summed E-state index contributed by atoms with van der Waals surface area (Å²) >= 11 is 0. The first-order valence-corrected chi connectivity index (χ1v) is 17.2. The zero-order valence-electron chi connectivity index (χ0n) is 27.5. The highest BCUT2D eigenvalue weighted by Gasteiger charge is 2.35. The molecule has 0 atom stereocenters. The van der Waals surface area contributed by atoms with E-state index in [0.29, 0.717) is 68.8 Å². The van der Waals surface area contributed by atoms with Crippen LogP contribution in [-0.4, -0.2) is 65.0 Å². The number of aryl methyl sites for hydroxylation is 1. The van der Waals surface area contributed by atoms with E-state index in [0.717, 1.165) is 72.8 Å². The highest BCUT2D eigenvalue weighted by Crippen LogP contribution is 2.41. The summed E-state index contributed by atoms with van der Waals surface area (Å²) in [5.41, 5.74) is 3.68. The molecular weight excluding hydrogens is 598 g/mol. The van der Waals surface area contributed by atoms with Gasteiger partial charge in [0.15, 0.2) is 5.89 Å². The summed E-state index contributed by atoms with van der Waals surface area (Å²) in [5, 5.41) is 11.6. The van der Waals surface area contributed by atoms with E-state index in [4.69, 9.17) is 33.9 Å². The van der Waals surface area contributed by atoms with Crippen molar-refractivity contribution in [2.45, 2.75) is 95.5 Å². The molecule has 2 amide bonds. The Balaban J connectivity index is 1.14. The molecule has 47 heavy (non-hydrogen) atoms. The average Bonchev–Trinajstić information content (AvgIpc) is 3.83. The lowest BCUT2D eigenvalue weighted by molar-refractivity contribution is -0.124. The number of aliphatic hydroxyl groups excluding tert-OH is 1. The highest BCUT2D eigenvalue weighted by molar-refractivity contribution is 5.94. The maximum Gasteiger partial charge on any atom is 0.407 e. The van der Waals surface area contributed by atoms with Crippen LogP contribution in [0.25, 0.3) is 11.3 Å². The van der Waals surface area contributed by atoms with Crippen LogP contribution in [0.4, 0.5) is 10.6 Å². The van der Waals surface area contributed by atoms with Crippen LogP contribution in [0.5, 0.6) is 5.75 Å². The molecule has 0 saturated heterocycles. The Morgan fingerprint density at radius 2 is 1.77 bits per heavy atom. The topological polar surface area (TPSA) is 140 Å². The molecule has 0 spiro atoms. The van der Waals surface area contributed by atoms with E-state index in [1.54, 1.807) is 19.6 Å². The van der Waals surface area contributed by atoms with Gasteiger partial charge in [0.25, 0.3) is 0 Å². The quantitative estimate of drug-likeness (QED) is 0.217. The number of carbonyl (C=O) groups is 2. The van der Waals surface area contributed by atoms with Crippen LogP contribution in [0, 0.1) is 18.8 Å². The van der Waals surface area contributed by atoms with Crippen molar-refractivity contribution >= 4 is 17.8 Å². The van der Waals surface area contributed by atoms with E-state index in [9.17, 15) is 9.59 Å². The van der Waals surface area contributed by atoms with Crippen LogP contribution in [0.3, 0.4) is 0 Å². The third kappa shape index (κ3) is 8.30. The molecule has 0 radical (unpaired) electrons. The van der Waals surface area contributed by atoms with Crippen molar-refractivity contribution in [3.63, 3.8) is 0 Å². The largest absolute Gasteiger partial charge is 0.495 e. The summed E-state index contributed by atoms with van der Waals surface area (Å²) in [4.78, 5) is 42.6. The number of anilines is 1. The van der Waals surface area contributed by atoms with Gasteiger partial charge in [0, 0.05) is 54.9 Å². The Morgan fingerprint density at radius 1 is 1.00 bits per heavy atom. The molecular formula is C36H47N5O6. The summed E-state index contributed by atoms with van der Waals surface area (Å²) in [6.45, 7) is 2.98. The zero-order valence-corrected chi connectivity index (χ0v) is 27.5. The smallest absolute Gasteiger partial charge is 0.407 e. The van der Waals surface area contributed by atoms with Gasteiger partial charge >= 0.3 is 6.09 Å². The summed E-state index contributed by atoms with van der Waals surface area (Å²) < 4.78 is 16.8. The van der Waals surface area contributed by atoms with Crippen molar-refractivity contribution in [3.8, 4) is 17.0 Å². The summed E-state index contributed by atoms with van der Waals surface area (Å²) in [6.07, 6.45) is 12.1. The first-order chi connectivity index (χ1) is 22.9. The van der Waals surface area contributed by atoms with Gasteiger partial charge in [0.1, 0.15) is 29.6 Å². The van der Waals surface area contributed by atoms with Crippen molar-refractivity contribution in [1.82, 2.24) is 20.3 Å². The second kappa shape index (κ2) is 15.3. The summed E-state index contributed by atoms with van der Waals surface area (Å²) in [6, 6.07) is 7.98. The van der Waals surface area contributed by atoms with E-state index in [1.165, 1.54) is 0 Å². The van der Waals surface area contributed by atoms with Crippen LogP contribution in [0.1, 0.15) is 99.7 Å². The number of hydrogen-bond donors (Lipinski definition) is 2. The Bertz CT molecular complexity index is 1510. The minimum absolute atomic E-state index is 0.0167. The number of oxazole rings is 1. The van der Waals surface area contributed by atoms with Crippen molar-refractivity contribution in [2.24, 2.45) is 11.8 Å². The average molecular weight is 646 g/mol. The number of hydrogen-bond acceptors (Lipinski definition) is 9.